The standard InChI is InChI=1S/C11H10O3S/c1-2-9-14-15(12,13)10-8-11-6-4-3-5-7-11/h1,3-8,10H,9H2. The van der Waals surface area contributed by atoms with Crippen molar-refractivity contribution >= 4 is 16.2 Å². The molecule has 0 aliphatic heterocycles. The van der Waals surface area contributed by atoms with Crippen molar-refractivity contribution in [2.45, 2.75) is 0 Å². The fourth-order valence-electron chi connectivity index (χ4n) is 0.881. The molecule has 0 aliphatic carbocycles. The molecule has 0 aliphatic rings. The SMILES string of the molecule is C#CCOS(=O)(=O)C=Cc1ccccc1. The zero-order chi connectivity index (χ0) is 11.1. The van der Waals surface area contributed by atoms with E-state index in [2.05, 4.69) is 10.1 Å². The molecular formula is C11H10O3S. The van der Waals surface area contributed by atoms with Crippen LogP contribution in [-0.4, -0.2) is 15.0 Å². The summed E-state index contributed by atoms with van der Waals surface area (Å²) in [6.45, 7) is -0.249. The fourth-order valence-corrected chi connectivity index (χ4v) is 1.52. The maximum Gasteiger partial charge on any atom is 0.290 e. The summed E-state index contributed by atoms with van der Waals surface area (Å²) in [4.78, 5) is 0. The van der Waals surface area contributed by atoms with Gasteiger partial charge in [0.1, 0.15) is 6.61 Å². The van der Waals surface area contributed by atoms with Gasteiger partial charge >= 0.3 is 0 Å². The Hall–Kier alpha value is -1.57. The van der Waals surface area contributed by atoms with Gasteiger partial charge in [-0.1, -0.05) is 36.3 Å². The number of hydrogen-bond donors (Lipinski definition) is 0. The summed E-state index contributed by atoms with van der Waals surface area (Å²) < 4.78 is 26.8. The van der Waals surface area contributed by atoms with Crippen LogP contribution in [0.1, 0.15) is 5.56 Å². The Balaban J connectivity index is 2.70. The predicted octanol–water partition coefficient (Wildman–Crippen LogP) is 1.64. The highest BCUT2D eigenvalue weighted by Crippen LogP contribution is 2.04. The smallest absolute Gasteiger partial charge is 0.254 e. The van der Waals surface area contributed by atoms with Crippen molar-refractivity contribution in [1.29, 1.82) is 0 Å². The molecule has 0 radical (unpaired) electrons. The molecule has 15 heavy (non-hydrogen) atoms. The molecule has 1 rings (SSSR count). The van der Waals surface area contributed by atoms with Crippen molar-refractivity contribution in [2.75, 3.05) is 6.61 Å². The minimum Gasteiger partial charge on any atom is -0.254 e. The Bertz CT molecular complexity index is 466. The van der Waals surface area contributed by atoms with Crippen LogP contribution in [0.2, 0.25) is 0 Å². The van der Waals surface area contributed by atoms with Crippen molar-refractivity contribution in [3.8, 4) is 12.3 Å². The van der Waals surface area contributed by atoms with E-state index in [0.29, 0.717) is 0 Å². The first kappa shape index (κ1) is 11.5. The van der Waals surface area contributed by atoms with Gasteiger partial charge in [-0.05, 0) is 11.6 Å². The van der Waals surface area contributed by atoms with Gasteiger partial charge in [0.05, 0.1) is 5.41 Å². The number of terminal acetylenes is 1. The summed E-state index contributed by atoms with van der Waals surface area (Å²) in [5, 5.41) is 0.986. The lowest BCUT2D eigenvalue weighted by atomic mass is 10.2. The fraction of sp³-hybridized carbons (Fsp3) is 0.0909. The highest BCUT2D eigenvalue weighted by Gasteiger charge is 2.03. The Morgan fingerprint density at radius 1 is 1.33 bits per heavy atom. The zero-order valence-electron chi connectivity index (χ0n) is 7.96. The molecule has 0 aromatic heterocycles. The number of benzene rings is 1. The number of hydrogen-bond acceptors (Lipinski definition) is 3. The van der Waals surface area contributed by atoms with Crippen LogP contribution in [0.25, 0.3) is 6.08 Å². The molecule has 0 bridgehead atoms. The van der Waals surface area contributed by atoms with E-state index in [1.54, 1.807) is 12.1 Å². The Kier molecular flexibility index (Phi) is 4.10. The van der Waals surface area contributed by atoms with Crippen molar-refractivity contribution in [2.24, 2.45) is 0 Å². The molecule has 1 aromatic rings. The molecule has 4 heteroatoms. The average molecular weight is 222 g/mol. The monoisotopic (exact) mass is 222 g/mol. The third-order valence-corrected chi connectivity index (χ3v) is 2.45. The lowest BCUT2D eigenvalue weighted by molar-refractivity contribution is 0.371. The van der Waals surface area contributed by atoms with Gasteiger partial charge in [0.25, 0.3) is 10.1 Å². The predicted molar refractivity (Wildman–Crippen MR) is 59.2 cm³/mol. The Morgan fingerprint density at radius 2 is 2.00 bits per heavy atom. The van der Waals surface area contributed by atoms with E-state index in [4.69, 9.17) is 6.42 Å². The molecule has 0 amide bonds. The van der Waals surface area contributed by atoms with E-state index in [1.165, 1.54) is 6.08 Å². The van der Waals surface area contributed by atoms with Crippen LogP contribution in [0, 0.1) is 12.3 Å². The second-order valence-corrected chi connectivity index (χ2v) is 4.17. The van der Waals surface area contributed by atoms with E-state index in [9.17, 15) is 8.42 Å². The quantitative estimate of drug-likeness (QED) is 0.574. The van der Waals surface area contributed by atoms with E-state index in [1.807, 2.05) is 18.2 Å². The van der Waals surface area contributed by atoms with Crippen LogP contribution in [0.4, 0.5) is 0 Å². The second kappa shape index (κ2) is 5.35. The molecule has 78 valence electrons. The molecule has 0 unspecified atom stereocenters. The topological polar surface area (TPSA) is 43.4 Å². The van der Waals surface area contributed by atoms with Gasteiger partial charge in [-0.15, -0.1) is 6.42 Å². The van der Waals surface area contributed by atoms with E-state index < -0.39 is 10.1 Å². The van der Waals surface area contributed by atoms with Crippen molar-refractivity contribution < 1.29 is 12.6 Å². The second-order valence-electron chi connectivity index (χ2n) is 2.67. The number of rotatable bonds is 4. The van der Waals surface area contributed by atoms with Crippen LogP contribution in [0.3, 0.4) is 0 Å². The van der Waals surface area contributed by atoms with Crippen LogP contribution in [0.5, 0.6) is 0 Å². The molecule has 3 nitrogen and oxygen atoms in total. The van der Waals surface area contributed by atoms with Gasteiger partial charge in [-0.25, -0.2) is 0 Å². The van der Waals surface area contributed by atoms with Crippen LogP contribution in [-0.2, 0) is 14.3 Å². The summed E-state index contributed by atoms with van der Waals surface area (Å²) in [6.07, 6.45) is 6.33. The van der Waals surface area contributed by atoms with Crippen LogP contribution >= 0.6 is 0 Å². The molecular weight excluding hydrogens is 212 g/mol. The molecule has 0 saturated heterocycles. The van der Waals surface area contributed by atoms with Gasteiger partial charge in [-0.2, -0.15) is 8.42 Å². The largest absolute Gasteiger partial charge is 0.290 e. The third-order valence-electron chi connectivity index (χ3n) is 1.53. The summed E-state index contributed by atoms with van der Waals surface area (Å²) in [7, 11) is -3.66. The van der Waals surface area contributed by atoms with E-state index in [-0.39, 0.29) is 6.61 Å². The highest BCUT2D eigenvalue weighted by atomic mass is 32.2. The minimum atomic E-state index is -3.66. The maximum atomic E-state index is 11.2. The molecule has 0 heterocycles. The highest BCUT2D eigenvalue weighted by molar-refractivity contribution is 7.89. The van der Waals surface area contributed by atoms with Gasteiger partial charge in [0, 0.05) is 0 Å². The van der Waals surface area contributed by atoms with Crippen LogP contribution in [0.15, 0.2) is 35.7 Å². The first-order valence-electron chi connectivity index (χ1n) is 4.20. The first-order valence-corrected chi connectivity index (χ1v) is 5.67. The average Bonchev–Trinajstić information content (AvgIpc) is 2.25. The molecule has 0 N–H and O–H groups in total. The van der Waals surface area contributed by atoms with E-state index in [0.717, 1.165) is 11.0 Å². The Labute approximate surface area is 89.5 Å². The molecule has 0 saturated carbocycles. The third kappa shape index (κ3) is 4.45. The molecule has 0 fully saturated rings. The summed E-state index contributed by atoms with van der Waals surface area (Å²) >= 11 is 0. The van der Waals surface area contributed by atoms with Gasteiger partial charge in [0.15, 0.2) is 0 Å². The Morgan fingerprint density at radius 3 is 2.60 bits per heavy atom. The van der Waals surface area contributed by atoms with Crippen LogP contribution < -0.4 is 0 Å². The minimum absolute atomic E-state index is 0.249. The normalized spacial score (nSPS) is 11.4. The molecule has 0 atom stereocenters. The van der Waals surface area contributed by atoms with Gasteiger partial charge in [-0.3, -0.25) is 4.18 Å². The van der Waals surface area contributed by atoms with Gasteiger partial charge < -0.3 is 0 Å². The maximum absolute atomic E-state index is 11.2. The zero-order valence-corrected chi connectivity index (χ0v) is 8.78. The first-order chi connectivity index (χ1) is 7.14. The van der Waals surface area contributed by atoms with Crippen molar-refractivity contribution in [3.63, 3.8) is 0 Å². The van der Waals surface area contributed by atoms with Crippen molar-refractivity contribution in [3.05, 3.63) is 41.3 Å². The van der Waals surface area contributed by atoms with Gasteiger partial charge in [0.2, 0.25) is 0 Å². The lowest BCUT2D eigenvalue weighted by Gasteiger charge is -1.95. The van der Waals surface area contributed by atoms with Crippen molar-refractivity contribution in [1.82, 2.24) is 0 Å². The van der Waals surface area contributed by atoms with E-state index >= 15 is 0 Å². The summed E-state index contributed by atoms with van der Waals surface area (Å²) in [5.41, 5.74) is 0.783. The molecule has 0 spiro atoms. The molecule has 1 aromatic carbocycles. The summed E-state index contributed by atoms with van der Waals surface area (Å²) in [6, 6.07) is 9.05. The summed E-state index contributed by atoms with van der Waals surface area (Å²) in [5.74, 6) is 2.09. The lowest BCUT2D eigenvalue weighted by Crippen LogP contribution is -2.01.